The van der Waals surface area contributed by atoms with Gasteiger partial charge < -0.3 is 15.5 Å². The fourth-order valence-corrected chi connectivity index (χ4v) is 3.10. The van der Waals surface area contributed by atoms with Gasteiger partial charge in [-0.3, -0.25) is 0 Å². The number of likely N-dealkylation sites (tertiary alicyclic amines) is 1. The maximum atomic E-state index is 4.35. The van der Waals surface area contributed by atoms with Crippen LogP contribution in [0.5, 0.6) is 0 Å². The van der Waals surface area contributed by atoms with Crippen LogP contribution in [0.4, 0.5) is 11.6 Å². The molecule has 2 rings (SSSR count). The van der Waals surface area contributed by atoms with Gasteiger partial charge in [0.2, 0.25) is 0 Å². The monoisotopic (exact) mass is 355 g/mol. The summed E-state index contributed by atoms with van der Waals surface area (Å²) in [5.41, 5.74) is 0. The van der Waals surface area contributed by atoms with Gasteiger partial charge in [0.15, 0.2) is 0 Å². The molecule has 1 fully saturated rings. The average molecular weight is 356 g/mol. The van der Waals surface area contributed by atoms with Crippen molar-refractivity contribution in [2.24, 2.45) is 0 Å². The lowest BCUT2D eigenvalue weighted by Crippen LogP contribution is -2.38. The number of halogens is 1. The third kappa shape index (κ3) is 5.11. The lowest BCUT2D eigenvalue weighted by molar-refractivity contribution is 0.223. The summed E-state index contributed by atoms with van der Waals surface area (Å²) in [4.78, 5) is 11.2. The number of rotatable bonds is 7. The summed E-state index contributed by atoms with van der Waals surface area (Å²) in [7, 11) is 0. The minimum absolute atomic E-state index is 0.369. The molecule has 0 aromatic carbocycles. The molecule has 6 heteroatoms. The van der Waals surface area contributed by atoms with Crippen LogP contribution < -0.4 is 10.6 Å². The molecule has 118 valence electrons. The summed E-state index contributed by atoms with van der Waals surface area (Å²) in [5, 5.41) is 6.80. The second-order valence-electron chi connectivity index (χ2n) is 5.72. The largest absolute Gasteiger partial charge is 0.369 e. The maximum Gasteiger partial charge on any atom is 0.146 e. The highest BCUT2D eigenvalue weighted by Crippen LogP contribution is 2.27. The smallest absolute Gasteiger partial charge is 0.146 e. The highest BCUT2D eigenvalue weighted by molar-refractivity contribution is 9.10. The van der Waals surface area contributed by atoms with Gasteiger partial charge in [-0.1, -0.05) is 13.3 Å². The molecule has 2 N–H and O–H groups in total. The van der Waals surface area contributed by atoms with E-state index in [0.29, 0.717) is 6.04 Å². The number of nitrogens with one attached hydrogen (secondary N) is 2. The molecule has 0 aliphatic carbocycles. The number of anilines is 2. The normalized spacial score (nSPS) is 17.5. The van der Waals surface area contributed by atoms with Crippen LogP contribution in [-0.2, 0) is 0 Å². The minimum atomic E-state index is 0.369. The van der Waals surface area contributed by atoms with Crippen LogP contribution in [-0.4, -0.2) is 47.1 Å². The molecule has 2 heterocycles. The topological polar surface area (TPSA) is 53.1 Å². The van der Waals surface area contributed by atoms with Gasteiger partial charge in [0, 0.05) is 19.1 Å². The highest BCUT2D eigenvalue weighted by Gasteiger charge is 2.15. The van der Waals surface area contributed by atoms with Crippen molar-refractivity contribution in [1.29, 1.82) is 0 Å². The molecule has 0 spiro atoms. The summed E-state index contributed by atoms with van der Waals surface area (Å²) in [6.45, 7) is 8.78. The summed E-state index contributed by atoms with van der Waals surface area (Å²) in [6.07, 6.45) is 6.72. The Balaban J connectivity index is 1.91. The minimum Gasteiger partial charge on any atom is -0.369 e. The lowest BCUT2D eigenvalue weighted by Gasteiger charge is -2.29. The van der Waals surface area contributed by atoms with E-state index in [1.54, 1.807) is 6.33 Å². The number of aromatic nitrogens is 2. The van der Waals surface area contributed by atoms with Crippen LogP contribution in [0.3, 0.4) is 0 Å². The molecule has 0 saturated carbocycles. The van der Waals surface area contributed by atoms with Crippen molar-refractivity contribution < 1.29 is 0 Å². The van der Waals surface area contributed by atoms with Crippen molar-refractivity contribution in [2.45, 2.75) is 45.6 Å². The first-order valence-electron chi connectivity index (χ1n) is 7.94. The van der Waals surface area contributed by atoms with Gasteiger partial charge in [0.25, 0.3) is 0 Å². The number of nitrogens with zero attached hydrogens (tertiary/aromatic N) is 3. The van der Waals surface area contributed by atoms with Crippen molar-refractivity contribution in [1.82, 2.24) is 14.9 Å². The van der Waals surface area contributed by atoms with Gasteiger partial charge in [-0.25, -0.2) is 9.97 Å². The van der Waals surface area contributed by atoms with E-state index in [0.717, 1.165) is 35.6 Å². The predicted molar refractivity (Wildman–Crippen MR) is 91.9 cm³/mol. The zero-order valence-corrected chi connectivity index (χ0v) is 14.6. The Hall–Kier alpha value is -0.880. The number of hydrogen-bond donors (Lipinski definition) is 2. The molecule has 1 aromatic rings. The molecule has 1 aromatic heterocycles. The standard InChI is InChI=1S/C15H26BrN5/c1-3-7-17-14-13(16)15(19-11-18-14)20-12(2)10-21-8-5-4-6-9-21/h11-12H,3-10H2,1-2H3,(H2,17,18,19,20). The van der Waals surface area contributed by atoms with Crippen LogP contribution in [0.25, 0.3) is 0 Å². The predicted octanol–water partition coefficient (Wildman–Crippen LogP) is 3.35. The van der Waals surface area contributed by atoms with E-state index in [1.165, 1.54) is 32.4 Å². The van der Waals surface area contributed by atoms with E-state index in [-0.39, 0.29) is 0 Å². The zero-order chi connectivity index (χ0) is 15.1. The van der Waals surface area contributed by atoms with Crippen molar-refractivity contribution in [3.8, 4) is 0 Å². The third-order valence-electron chi connectivity index (χ3n) is 3.70. The van der Waals surface area contributed by atoms with E-state index in [1.807, 2.05) is 0 Å². The first-order valence-corrected chi connectivity index (χ1v) is 8.73. The molecule has 0 bridgehead atoms. The fraction of sp³-hybridized carbons (Fsp3) is 0.733. The second kappa shape index (κ2) is 8.54. The first-order chi connectivity index (χ1) is 10.2. The SMILES string of the molecule is CCCNc1ncnc(NC(C)CN2CCCCC2)c1Br. The fourth-order valence-electron chi connectivity index (χ4n) is 2.65. The molecular weight excluding hydrogens is 330 g/mol. The number of hydrogen-bond acceptors (Lipinski definition) is 5. The van der Waals surface area contributed by atoms with Crippen LogP contribution in [0.15, 0.2) is 10.8 Å². The summed E-state index contributed by atoms with van der Waals surface area (Å²) in [5.74, 6) is 1.73. The van der Waals surface area contributed by atoms with Crippen LogP contribution in [0.2, 0.25) is 0 Å². The third-order valence-corrected chi connectivity index (χ3v) is 4.45. The Bertz CT molecular complexity index is 434. The molecule has 1 atom stereocenters. The molecule has 1 aliphatic rings. The molecule has 0 amide bonds. The van der Waals surface area contributed by atoms with Gasteiger partial charge >= 0.3 is 0 Å². The Morgan fingerprint density at radius 3 is 2.67 bits per heavy atom. The van der Waals surface area contributed by atoms with Crippen molar-refractivity contribution in [3.05, 3.63) is 10.8 Å². The van der Waals surface area contributed by atoms with E-state index in [4.69, 9.17) is 0 Å². The lowest BCUT2D eigenvalue weighted by atomic mass is 10.1. The molecular formula is C15H26BrN5. The zero-order valence-electron chi connectivity index (χ0n) is 13.0. The Labute approximate surface area is 136 Å². The second-order valence-corrected chi connectivity index (χ2v) is 6.51. The van der Waals surface area contributed by atoms with E-state index >= 15 is 0 Å². The molecule has 0 radical (unpaired) electrons. The van der Waals surface area contributed by atoms with E-state index in [9.17, 15) is 0 Å². The Morgan fingerprint density at radius 2 is 1.95 bits per heavy atom. The maximum absolute atomic E-state index is 4.35. The van der Waals surface area contributed by atoms with Crippen LogP contribution >= 0.6 is 15.9 Å². The van der Waals surface area contributed by atoms with E-state index in [2.05, 4.69) is 55.3 Å². The summed E-state index contributed by atoms with van der Waals surface area (Å²) in [6, 6.07) is 0.369. The van der Waals surface area contributed by atoms with Gasteiger partial charge in [-0.05, 0) is 55.2 Å². The summed E-state index contributed by atoms with van der Waals surface area (Å²) >= 11 is 3.60. The van der Waals surface area contributed by atoms with Crippen LogP contribution in [0, 0.1) is 0 Å². The Morgan fingerprint density at radius 1 is 1.24 bits per heavy atom. The Kier molecular flexibility index (Phi) is 6.70. The van der Waals surface area contributed by atoms with Gasteiger partial charge in [-0.2, -0.15) is 0 Å². The van der Waals surface area contributed by atoms with Gasteiger partial charge in [-0.15, -0.1) is 0 Å². The molecule has 21 heavy (non-hydrogen) atoms. The molecule has 5 nitrogen and oxygen atoms in total. The van der Waals surface area contributed by atoms with Crippen molar-refractivity contribution in [2.75, 3.05) is 36.8 Å². The molecule has 1 unspecified atom stereocenters. The quantitative estimate of drug-likeness (QED) is 0.785. The summed E-state index contributed by atoms with van der Waals surface area (Å²) < 4.78 is 0.920. The molecule has 1 aliphatic heterocycles. The van der Waals surface area contributed by atoms with Crippen molar-refractivity contribution >= 4 is 27.6 Å². The van der Waals surface area contributed by atoms with E-state index < -0.39 is 0 Å². The molecule has 1 saturated heterocycles. The van der Waals surface area contributed by atoms with Crippen LogP contribution in [0.1, 0.15) is 39.5 Å². The average Bonchev–Trinajstić information content (AvgIpc) is 2.49. The van der Waals surface area contributed by atoms with Gasteiger partial charge in [0.05, 0.1) is 0 Å². The number of piperidine rings is 1. The highest BCUT2D eigenvalue weighted by atomic mass is 79.9. The van der Waals surface area contributed by atoms with Gasteiger partial charge in [0.1, 0.15) is 22.4 Å². The van der Waals surface area contributed by atoms with Crippen molar-refractivity contribution in [3.63, 3.8) is 0 Å². The first kappa shape index (κ1) is 16.5.